The number of benzene rings is 2. The molecule has 2 aromatic carbocycles. The molecular formula is C18H20ClNO2S. The Kier molecular flexibility index (Phi) is 5.36. The predicted molar refractivity (Wildman–Crippen MR) is 96.2 cm³/mol. The van der Waals surface area contributed by atoms with Gasteiger partial charge in [0.2, 0.25) is 0 Å². The number of nitrogens with one attached hydrogen (secondary N) is 1. The Labute approximate surface area is 146 Å². The molecule has 1 aliphatic heterocycles. The fourth-order valence-electron chi connectivity index (χ4n) is 2.83. The van der Waals surface area contributed by atoms with Crippen molar-refractivity contribution in [1.82, 2.24) is 5.32 Å². The Hall–Kier alpha value is -1.36. The minimum absolute atomic E-state index is 0.305. The third-order valence-corrected chi connectivity index (χ3v) is 5.39. The number of rotatable bonds is 5. The first-order valence-electron chi connectivity index (χ1n) is 7.58. The van der Waals surface area contributed by atoms with E-state index in [1.807, 2.05) is 23.9 Å². The van der Waals surface area contributed by atoms with Crippen molar-refractivity contribution >= 4 is 23.4 Å². The lowest BCUT2D eigenvalue weighted by molar-refractivity contribution is 0.352. The minimum atomic E-state index is 0.305. The Morgan fingerprint density at radius 2 is 1.83 bits per heavy atom. The minimum Gasteiger partial charge on any atom is -0.493 e. The number of thioether (sulfide) groups is 1. The summed E-state index contributed by atoms with van der Waals surface area (Å²) in [6, 6.07) is 12.5. The highest BCUT2D eigenvalue weighted by atomic mass is 35.5. The van der Waals surface area contributed by atoms with Gasteiger partial charge in [-0.15, -0.1) is 11.8 Å². The van der Waals surface area contributed by atoms with E-state index in [0.717, 1.165) is 35.2 Å². The monoisotopic (exact) mass is 349 g/mol. The van der Waals surface area contributed by atoms with Gasteiger partial charge in [-0.1, -0.05) is 11.6 Å². The molecule has 0 radical (unpaired) electrons. The Morgan fingerprint density at radius 3 is 2.52 bits per heavy atom. The number of fused-ring (bicyclic) bond motifs is 1. The molecule has 0 fully saturated rings. The molecule has 23 heavy (non-hydrogen) atoms. The summed E-state index contributed by atoms with van der Waals surface area (Å²) in [6.07, 6.45) is 1.01. The number of hydrogen-bond acceptors (Lipinski definition) is 4. The Balaban J connectivity index is 1.79. The molecule has 3 rings (SSSR count). The molecule has 5 heteroatoms. The zero-order chi connectivity index (χ0) is 16.2. The second-order valence-electron chi connectivity index (χ2n) is 5.43. The summed E-state index contributed by atoms with van der Waals surface area (Å²) in [6.45, 7) is 0.980. The van der Waals surface area contributed by atoms with E-state index in [0.29, 0.717) is 6.04 Å². The quantitative estimate of drug-likeness (QED) is 0.813. The lowest BCUT2D eigenvalue weighted by Crippen LogP contribution is -2.31. The summed E-state index contributed by atoms with van der Waals surface area (Å²) < 4.78 is 10.9. The molecule has 0 saturated carbocycles. The lowest BCUT2D eigenvalue weighted by atomic mass is 9.94. The second-order valence-corrected chi connectivity index (χ2v) is 6.96. The van der Waals surface area contributed by atoms with Gasteiger partial charge in [0.15, 0.2) is 11.5 Å². The van der Waals surface area contributed by atoms with Gasteiger partial charge in [-0.2, -0.15) is 0 Å². The predicted octanol–water partition coefficient (Wildman–Crippen LogP) is 4.34. The fraction of sp³-hybridized carbons (Fsp3) is 0.333. The van der Waals surface area contributed by atoms with Crippen molar-refractivity contribution in [3.8, 4) is 11.5 Å². The first-order valence-corrected chi connectivity index (χ1v) is 8.94. The first-order chi connectivity index (χ1) is 11.2. The van der Waals surface area contributed by atoms with Crippen molar-refractivity contribution in [1.29, 1.82) is 0 Å². The van der Waals surface area contributed by atoms with Gasteiger partial charge in [0.1, 0.15) is 0 Å². The van der Waals surface area contributed by atoms with Gasteiger partial charge in [-0.3, -0.25) is 0 Å². The SMILES string of the molecule is COc1cc2c(cc1OC)C(CSc1ccc(Cl)cc1)NCC2. The number of ether oxygens (including phenoxy) is 2. The average molecular weight is 350 g/mol. The van der Waals surface area contributed by atoms with Crippen LogP contribution in [0.15, 0.2) is 41.3 Å². The van der Waals surface area contributed by atoms with E-state index in [1.54, 1.807) is 14.2 Å². The van der Waals surface area contributed by atoms with Crippen LogP contribution in [0.2, 0.25) is 5.02 Å². The summed E-state index contributed by atoms with van der Waals surface area (Å²) in [4.78, 5) is 1.23. The van der Waals surface area contributed by atoms with Crippen LogP contribution in [0.4, 0.5) is 0 Å². The molecule has 1 N–H and O–H groups in total. The van der Waals surface area contributed by atoms with Crippen molar-refractivity contribution in [3.05, 3.63) is 52.5 Å². The number of methoxy groups -OCH3 is 2. The van der Waals surface area contributed by atoms with Gasteiger partial charge in [-0.25, -0.2) is 0 Å². The van der Waals surface area contributed by atoms with Crippen LogP contribution in [0, 0.1) is 0 Å². The van der Waals surface area contributed by atoms with Crippen LogP contribution in [0.25, 0.3) is 0 Å². The summed E-state index contributed by atoms with van der Waals surface area (Å²) in [5.74, 6) is 2.55. The molecule has 122 valence electrons. The first kappa shape index (κ1) is 16.5. The molecule has 1 unspecified atom stereocenters. The van der Waals surface area contributed by atoms with Gasteiger partial charge in [0.25, 0.3) is 0 Å². The molecule has 1 heterocycles. The maximum Gasteiger partial charge on any atom is 0.161 e. The van der Waals surface area contributed by atoms with Crippen LogP contribution >= 0.6 is 23.4 Å². The van der Waals surface area contributed by atoms with Crippen molar-refractivity contribution in [2.75, 3.05) is 26.5 Å². The highest BCUT2D eigenvalue weighted by Gasteiger charge is 2.22. The smallest absolute Gasteiger partial charge is 0.161 e. The molecule has 0 amide bonds. The standard InChI is InChI=1S/C18H20ClNO2S/c1-21-17-9-12-7-8-20-16(15(12)10-18(17)22-2)11-23-14-5-3-13(19)4-6-14/h3-6,9-10,16,20H,7-8,11H2,1-2H3. The van der Waals surface area contributed by atoms with E-state index < -0.39 is 0 Å². The summed E-state index contributed by atoms with van der Waals surface area (Å²) in [5.41, 5.74) is 2.64. The largest absolute Gasteiger partial charge is 0.493 e. The van der Waals surface area contributed by atoms with Crippen molar-refractivity contribution in [3.63, 3.8) is 0 Å². The molecule has 1 aliphatic rings. The second kappa shape index (κ2) is 7.47. The average Bonchev–Trinajstić information content (AvgIpc) is 2.60. The molecule has 1 atom stereocenters. The molecule has 0 spiro atoms. The zero-order valence-electron chi connectivity index (χ0n) is 13.3. The van der Waals surface area contributed by atoms with Crippen LogP contribution in [0.1, 0.15) is 17.2 Å². The van der Waals surface area contributed by atoms with Crippen molar-refractivity contribution in [2.24, 2.45) is 0 Å². The van der Waals surface area contributed by atoms with Gasteiger partial charge in [0, 0.05) is 21.7 Å². The topological polar surface area (TPSA) is 30.5 Å². The normalized spacial score (nSPS) is 16.7. The summed E-state index contributed by atoms with van der Waals surface area (Å²) >= 11 is 7.77. The maximum atomic E-state index is 5.94. The third kappa shape index (κ3) is 3.77. The number of hydrogen-bond donors (Lipinski definition) is 1. The van der Waals surface area contributed by atoms with Crippen LogP contribution in [-0.2, 0) is 6.42 Å². The van der Waals surface area contributed by atoms with Crippen LogP contribution in [-0.4, -0.2) is 26.5 Å². The fourth-order valence-corrected chi connectivity index (χ4v) is 3.94. The molecule has 3 nitrogen and oxygen atoms in total. The van der Waals surface area contributed by atoms with Crippen LogP contribution < -0.4 is 14.8 Å². The van der Waals surface area contributed by atoms with Gasteiger partial charge in [0.05, 0.1) is 14.2 Å². The molecular weight excluding hydrogens is 330 g/mol. The van der Waals surface area contributed by atoms with E-state index in [1.165, 1.54) is 16.0 Å². The van der Waals surface area contributed by atoms with E-state index in [4.69, 9.17) is 21.1 Å². The lowest BCUT2D eigenvalue weighted by Gasteiger charge is -2.28. The van der Waals surface area contributed by atoms with E-state index in [2.05, 4.69) is 29.6 Å². The van der Waals surface area contributed by atoms with Gasteiger partial charge in [-0.05, 0) is 60.5 Å². The summed E-state index contributed by atoms with van der Waals surface area (Å²) in [5, 5.41) is 4.37. The van der Waals surface area contributed by atoms with Crippen molar-refractivity contribution < 1.29 is 9.47 Å². The third-order valence-electron chi connectivity index (χ3n) is 4.04. The molecule has 0 bridgehead atoms. The zero-order valence-corrected chi connectivity index (χ0v) is 14.8. The van der Waals surface area contributed by atoms with Crippen LogP contribution in [0.5, 0.6) is 11.5 Å². The van der Waals surface area contributed by atoms with Gasteiger partial charge < -0.3 is 14.8 Å². The van der Waals surface area contributed by atoms with E-state index >= 15 is 0 Å². The van der Waals surface area contributed by atoms with Gasteiger partial charge >= 0.3 is 0 Å². The molecule has 2 aromatic rings. The highest BCUT2D eigenvalue weighted by Crippen LogP contribution is 2.37. The highest BCUT2D eigenvalue weighted by molar-refractivity contribution is 7.99. The Bertz CT molecular complexity index is 675. The molecule has 0 aliphatic carbocycles. The summed E-state index contributed by atoms with van der Waals surface area (Å²) in [7, 11) is 3.36. The van der Waals surface area contributed by atoms with E-state index in [9.17, 15) is 0 Å². The molecule has 0 saturated heterocycles. The maximum absolute atomic E-state index is 5.94. The van der Waals surface area contributed by atoms with Crippen molar-refractivity contribution in [2.45, 2.75) is 17.4 Å². The number of halogens is 1. The van der Waals surface area contributed by atoms with Crippen LogP contribution in [0.3, 0.4) is 0 Å². The Morgan fingerprint density at radius 1 is 1.13 bits per heavy atom. The molecule has 0 aromatic heterocycles. The van der Waals surface area contributed by atoms with E-state index in [-0.39, 0.29) is 0 Å².